The van der Waals surface area contributed by atoms with E-state index >= 15 is 0 Å². The van der Waals surface area contributed by atoms with E-state index in [9.17, 15) is 4.79 Å². The van der Waals surface area contributed by atoms with Gasteiger partial charge in [-0.3, -0.25) is 4.79 Å². The number of thioether (sulfide) groups is 1. The normalized spacial score (nSPS) is 13.3. The van der Waals surface area contributed by atoms with Gasteiger partial charge in [-0.05, 0) is 66.7 Å². The van der Waals surface area contributed by atoms with Gasteiger partial charge in [0.05, 0.1) is 0 Å². The van der Waals surface area contributed by atoms with Crippen molar-refractivity contribution in [2.45, 2.75) is 79.2 Å². The van der Waals surface area contributed by atoms with Crippen LogP contribution in [0.1, 0.15) is 73.1 Å². The molecule has 0 saturated carbocycles. The largest absolute Gasteiger partial charge is 0.353 e. The van der Waals surface area contributed by atoms with E-state index in [-0.39, 0.29) is 11.9 Å². The maximum atomic E-state index is 11.6. The summed E-state index contributed by atoms with van der Waals surface area (Å²) in [4.78, 5) is 11.6. The van der Waals surface area contributed by atoms with E-state index in [0.717, 1.165) is 37.2 Å². The molecule has 0 saturated heterocycles. The van der Waals surface area contributed by atoms with Gasteiger partial charge in [-0.1, -0.05) is 41.0 Å². The minimum Gasteiger partial charge on any atom is -0.353 e. The van der Waals surface area contributed by atoms with E-state index in [0.29, 0.717) is 6.42 Å². The lowest BCUT2D eigenvalue weighted by Gasteiger charge is -2.12. The second-order valence-electron chi connectivity index (χ2n) is 7.29. The van der Waals surface area contributed by atoms with Crippen LogP contribution in [0.4, 0.5) is 0 Å². The van der Waals surface area contributed by atoms with Gasteiger partial charge >= 0.3 is 0 Å². The molecule has 0 aromatic heterocycles. The van der Waals surface area contributed by atoms with E-state index in [2.05, 4.69) is 64.7 Å². The number of amides is 1. The van der Waals surface area contributed by atoms with Gasteiger partial charge in [0.15, 0.2) is 0 Å². The van der Waals surface area contributed by atoms with Crippen molar-refractivity contribution in [1.82, 2.24) is 5.32 Å². The molecular formula is C23H39NOS. The second-order valence-corrected chi connectivity index (χ2v) is 8.37. The predicted molar refractivity (Wildman–Crippen MR) is 120 cm³/mol. The van der Waals surface area contributed by atoms with E-state index in [1.54, 1.807) is 6.08 Å². The number of carbonyl (C=O) groups is 1. The van der Waals surface area contributed by atoms with Crippen molar-refractivity contribution in [2.75, 3.05) is 11.5 Å². The summed E-state index contributed by atoms with van der Waals surface area (Å²) in [6.45, 7) is 14.5. The highest BCUT2D eigenvalue weighted by atomic mass is 32.2. The smallest absolute Gasteiger partial charge is 0.220 e. The lowest BCUT2D eigenvalue weighted by atomic mass is 10.1. The number of hydrogen-bond donors (Lipinski definition) is 1. The van der Waals surface area contributed by atoms with Crippen molar-refractivity contribution in [3.05, 3.63) is 47.6 Å². The van der Waals surface area contributed by atoms with Crippen LogP contribution in [-0.4, -0.2) is 23.5 Å². The van der Waals surface area contributed by atoms with E-state index in [1.165, 1.54) is 23.1 Å². The number of hydrogen-bond acceptors (Lipinski definition) is 2. The third kappa shape index (κ3) is 16.3. The summed E-state index contributed by atoms with van der Waals surface area (Å²) in [5.41, 5.74) is 4.35. The topological polar surface area (TPSA) is 29.1 Å². The van der Waals surface area contributed by atoms with Gasteiger partial charge in [0.1, 0.15) is 0 Å². The standard InChI is InChI=1S/C23H39NOS/c1-7-8-15-23(25)24-22(6)18-26-17-16-21(5)14-10-13-20(4)12-9-11-19(2)3/h7,11,13,16,22H,1,8-10,12,14-15,17-18H2,2-6H3,(H,24,25)/b20-13+,21-16+. The molecule has 0 aliphatic heterocycles. The monoisotopic (exact) mass is 377 g/mol. The van der Waals surface area contributed by atoms with Crippen LogP contribution in [0.3, 0.4) is 0 Å². The Morgan fingerprint density at radius 3 is 2.19 bits per heavy atom. The Morgan fingerprint density at radius 2 is 1.58 bits per heavy atom. The Bertz CT molecular complexity index is 498. The van der Waals surface area contributed by atoms with Gasteiger partial charge in [-0.15, -0.1) is 6.58 Å². The van der Waals surface area contributed by atoms with Crippen LogP contribution in [0.5, 0.6) is 0 Å². The molecule has 0 aromatic carbocycles. The van der Waals surface area contributed by atoms with Crippen molar-refractivity contribution in [3.63, 3.8) is 0 Å². The Hall–Kier alpha value is -1.22. The average molecular weight is 378 g/mol. The molecule has 1 N–H and O–H groups in total. The zero-order valence-electron chi connectivity index (χ0n) is 17.6. The zero-order chi connectivity index (χ0) is 19.8. The molecule has 0 radical (unpaired) electrons. The van der Waals surface area contributed by atoms with Crippen LogP contribution < -0.4 is 5.32 Å². The Kier molecular flexibility index (Phi) is 15.2. The van der Waals surface area contributed by atoms with Gasteiger partial charge in [0.25, 0.3) is 0 Å². The molecule has 1 amide bonds. The first-order chi connectivity index (χ1) is 12.3. The molecular weight excluding hydrogens is 338 g/mol. The van der Waals surface area contributed by atoms with Gasteiger partial charge < -0.3 is 5.32 Å². The lowest BCUT2D eigenvalue weighted by Crippen LogP contribution is -2.34. The molecule has 148 valence electrons. The molecule has 0 aromatic rings. The van der Waals surface area contributed by atoms with Crippen molar-refractivity contribution >= 4 is 17.7 Å². The van der Waals surface area contributed by atoms with Crippen LogP contribution in [0, 0.1) is 0 Å². The summed E-state index contributed by atoms with van der Waals surface area (Å²) in [6.07, 6.45) is 14.7. The SMILES string of the molecule is C=CCCC(=O)NC(C)CSC/C=C(\C)CC/C=C(\C)CCC=C(C)C. The van der Waals surface area contributed by atoms with E-state index < -0.39 is 0 Å². The minimum absolute atomic E-state index is 0.122. The molecule has 0 heterocycles. The maximum absolute atomic E-state index is 11.6. The number of carbonyl (C=O) groups excluding carboxylic acids is 1. The summed E-state index contributed by atoms with van der Waals surface area (Å²) in [5, 5.41) is 3.03. The summed E-state index contributed by atoms with van der Waals surface area (Å²) >= 11 is 1.88. The number of nitrogens with one attached hydrogen (secondary N) is 1. The Morgan fingerprint density at radius 1 is 0.962 bits per heavy atom. The number of allylic oxidation sites excluding steroid dienone is 6. The second kappa shape index (κ2) is 16.0. The molecule has 0 aliphatic carbocycles. The lowest BCUT2D eigenvalue weighted by molar-refractivity contribution is -0.121. The first-order valence-electron chi connectivity index (χ1n) is 9.77. The summed E-state index contributed by atoms with van der Waals surface area (Å²) in [7, 11) is 0. The van der Waals surface area contributed by atoms with Gasteiger partial charge in [-0.2, -0.15) is 11.8 Å². The molecule has 3 heteroatoms. The average Bonchev–Trinajstić information content (AvgIpc) is 2.56. The van der Waals surface area contributed by atoms with Crippen molar-refractivity contribution in [2.24, 2.45) is 0 Å². The minimum atomic E-state index is 0.122. The molecule has 1 unspecified atom stereocenters. The van der Waals surface area contributed by atoms with Gasteiger partial charge in [-0.25, -0.2) is 0 Å². The zero-order valence-corrected chi connectivity index (χ0v) is 18.4. The number of rotatable bonds is 14. The van der Waals surface area contributed by atoms with E-state index in [4.69, 9.17) is 0 Å². The van der Waals surface area contributed by atoms with Crippen molar-refractivity contribution < 1.29 is 4.79 Å². The van der Waals surface area contributed by atoms with Crippen molar-refractivity contribution in [1.29, 1.82) is 0 Å². The maximum Gasteiger partial charge on any atom is 0.220 e. The molecule has 0 fully saturated rings. The molecule has 2 nitrogen and oxygen atoms in total. The first-order valence-corrected chi connectivity index (χ1v) is 10.9. The van der Waals surface area contributed by atoms with Gasteiger partial charge in [0, 0.05) is 24.0 Å². The first kappa shape index (κ1) is 24.8. The fourth-order valence-electron chi connectivity index (χ4n) is 2.41. The van der Waals surface area contributed by atoms with Crippen LogP contribution in [0.15, 0.2) is 47.6 Å². The molecule has 26 heavy (non-hydrogen) atoms. The van der Waals surface area contributed by atoms with Crippen LogP contribution in [0.25, 0.3) is 0 Å². The highest BCUT2D eigenvalue weighted by molar-refractivity contribution is 7.99. The molecule has 1 atom stereocenters. The summed E-state index contributed by atoms with van der Waals surface area (Å²) in [5.74, 6) is 2.09. The molecule has 0 spiro atoms. The van der Waals surface area contributed by atoms with Crippen LogP contribution >= 0.6 is 11.8 Å². The summed E-state index contributed by atoms with van der Waals surface area (Å²) < 4.78 is 0. The van der Waals surface area contributed by atoms with Crippen LogP contribution in [0.2, 0.25) is 0 Å². The quantitative estimate of drug-likeness (QED) is 0.272. The fraction of sp³-hybridized carbons (Fsp3) is 0.609. The Labute approximate surface area is 166 Å². The van der Waals surface area contributed by atoms with E-state index in [1.807, 2.05) is 11.8 Å². The van der Waals surface area contributed by atoms with Crippen molar-refractivity contribution in [3.8, 4) is 0 Å². The highest BCUT2D eigenvalue weighted by Crippen LogP contribution is 2.13. The molecule has 0 aliphatic rings. The third-order valence-corrected chi connectivity index (χ3v) is 5.16. The fourth-order valence-corrected chi connectivity index (χ4v) is 3.38. The molecule has 0 bridgehead atoms. The predicted octanol–water partition coefficient (Wildman–Crippen LogP) is 6.61. The van der Waals surface area contributed by atoms with Gasteiger partial charge in [0.2, 0.25) is 5.91 Å². The Balaban J connectivity index is 3.88. The van der Waals surface area contributed by atoms with Crippen LogP contribution in [-0.2, 0) is 4.79 Å². The highest BCUT2D eigenvalue weighted by Gasteiger charge is 2.05. The molecule has 0 rings (SSSR count). The summed E-state index contributed by atoms with van der Waals surface area (Å²) in [6, 6.07) is 0.220. The third-order valence-electron chi connectivity index (χ3n) is 4.02.